The summed E-state index contributed by atoms with van der Waals surface area (Å²) < 4.78 is 7.73. The van der Waals surface area contributed by atoms with Crippen molar-refractivity contribution in [3.63, 3.8) is 0 Å². The number of nitrogens with one attached hydrogen (secondary N) is 1. The lowest BCUT2D eigenvalue weighted by Gasteiger charge is -2.26. The Balaban J connectivity index is 1.29. The first-order valence-corrected chi connectivity index (χ1v) is 10.5. The van der Waals surface area contributed by atoms with E-state index in [4.69, 9.17) is 4.74 Å². The van der Waals surface area contributed by atoms with Crippen molar-refractivity contribution < 1.29 is 9.53 Å². The van der Waals surface area contributed by atoms with Gasteiger partial charge in [0.2, 0.25) is 0 Å². The van der Waals surface area contributed by atoms with Gasteiger partial charge in [-0.25, -0.2) is 9.80 Å². The summed E-state index contributed by atoms with van der Waals surface area (Å²) in [5, 5.41) is 3.02. The molecule has 1 N–H and O–H groups in total. The maximum atomic E-state index is 12.1. The molecule has 0 radical (unpaired) electrons. The fourth-order valence-corrected chi connectivity index (χ4v) is 3.84. The van der Waals surface area contributed by atoms with Gasteiger partial charge < -0.3 is 9.30 Å². The molecule has 1 amide bonds. The standard InChI is InChI=1S/C23H28N4O2/c28-23(25-27-15-5-1-6-16-27)29-21-10-11-22-19(18-21)12-17-26(22)14-7-3-9-20-8-2-4-13-24-20/h2,4,8,10-13,17-18H,1,3,5-7,9,14-16H2,(H,25,28). The molecule has 1 aliphatic rings. The topological polar surface area (TPSA) is 59.4 Å². The number of nitrogens with zero attached hydrogens (tertiary/aromatic N) is 3. The second-order valence-corrected chi connectivity index (χ2v) is 7.56. The summed E-state index contributed by atoms with van der Waals surface area (Å²) in [4.78, 5) is 16.5. The van der Waals surface area contributed by atoms with Crippen molar-refractivity contribution in [3.8, 4) is 5.75 Å². The van der Waals surface area contributed by atoms with Crippen LogP contribution in [0.25, 0.3) is 10.9 Å². The van der Waals surface area contributed by atoms with E-state index in [-0.39, 0.29) is 0 Å². The number of hydrazine groups is 1. The van der Waals surface area contributed by atoms with E-state index >= 15 is 0 Å². The minimum atomic E-state index is -0.416. The average Bonchev–Trinajstić information content (AvgIpc) is 3.15. The Kier molecular flexibility index (Phi) is 6.42. The molecule has 0 atom stereocenters. The number of amides is 1. The molecule has 152 valence electrons. The van der Waals surface area contributed by atoms with E-state index in [1.54, 1.807) is 0 Å². The first-order chi connectivity index (χ1) is 14.3. The molecule has 6 heteroatoms. The third-order valence-electron chi connectivity index (χ3n) is 5.37. The molecule has 2 aromatic heterocycles. The highest BCUT2D eigenvalue weighted by Crippen LogP contribution is 2.23. The lowest BCUT2D eigenvalue weighted by atomic mass is 10.2. The minimum absolute atomic E-state index is 0.416. The van der Waals surface area contributed by atoms with Crippen LogP contribution in [0.5, 0.6) is 5.75 Å². The Morgan fingerprint density at radius 2 is 1.97 bits per heavy atom. The number of pyridine rings is 1. The molecule has 3 aromatic rings. The van der Waals surface area contributed by atoms with Crippen LogP contribution in [-0.4, -0.2) is 33.7 Å². The number of aromatic nitrogens is 2. The SMILES string of the molecule is O=C(NN1CCCCC1)Oc1ccc2c(ccn2CCCCc2ccccn2)c1. The van der Waals surface area contributed by atoms with Crippen LogP contribution in [-0.2, 0) is 13.0 Å². The number of fused-ring (bicyclic) bond motifs is 1. The highest BCUT2D eigenvalue weighted by Gasteiger charge is 2.14. The molecule has 1 aromatic carbocycles. The molecule has 0 aliphatic carbocycles. The maximum absolute atomic E-state index is 12.1. The number of unbranched alkanes of at least 4 members (excludes halogenated alkanes) is 1. The third-order valence-corrected chi connectivity index (χ3v) is 5.37. The van der Waals surface area contributed by atoms with Gasteiger partial charge in [-0.1, -0.05) is 12.5 Å². The normalized spacial score (nSPS) is 14.8. The number of aryl methyl sites for hydroxylation is 2. The van der Waals surface area contributed by atoms with Gasteiger partial charge in [-0.3, -0.25) is 10.4 Å². The van der Waals surface area contributed by atoms with Gasteiger partial charge in [-0.2, -0.15) is 0 Å². The molecule has 0 saturated carbocycles. The predicted octanol–water partition coefficient (Wildman–Crippen LogP) is 4.55. The third kappa shape index (κ3) is 5.35. The average molecular weight is 393 g/mol. The summed E-state index contributed by atoms with van der Waals surface area (Å²) in [6.07, 6.45) is 10.2. The van der Waals surface area contributed by atoms with E-state index in [1.165, 1.54) is 6.42 Å². The Morgan fingerprint density at radius 1 is 1.07 bits per heavy atom. The van der Waals surface area contributed by atoms with E-state index in [9.17, 15) is 4.79 Å². The first kappa shape index (κ1) is 19.5. The second-order valence-electron chi connectivity index (χ2n) is 7.56. The zero-order valence-corrected chi connectivity index (χ0v) is 16.7. The number of carbonyl (C=O) groups excluding carboxylic acids is 1. The number of benzene rings is 1. The van der Waals surface area contributed by atoms with Crippen LogP contribution in [0.2, 0.25) is 0 Å². The Hall–Kier alpha value is -2.86. The zero-order chi connectivity index (χ0) is 19.9. The van der Waals surface area contributed by atoms with Crippen molar-refractivity contribution in [1.82, 2.24) is 20.0 Å². The summed E-state index contributed by atoms with van der Waals surface area (Å²) in [6, 6.07) is 14.0. The van der Waals surface area contributed by atoms with Gasteiger partial charge in [0.25, 0.3) is 0 Å². The van der Waals surface area contributed by atoms with Crippen LogP contribution in [0.15, 0.2) is 54.9 Å². The van der Waals surface area contributed by atoms with Crippen LogP contribution >= 0.6 is 0 Å². The molecular weight excluding hydrogens is 364 g/mol. The number of piperidine rings is 1. The Labute approximate surface area is 171 Å². The lowest BCUT2D eigenvalue weighted by Crippen LogP contribution is -2.46. The number of carbonyl (C=O) groups is 1. The van der Waals surface area contributed by atoms with Gasteiger partial charge in [0, 0.05) is 48.6 Å². The van der Waals surface area contributed by atoms with Crippen molar-refractivity contribution in [2.24, 2.45) is 0 Å². The smallest absolute Gasteiger partial charge is 0.409 e. The molecule has 1 aliphatic heterocycles. The van der Waals surface area contributed by atoms with Gasteiger partial charge >= 0.3 is 6.09 Å². The molecule has 29 heavy (non-hydrogen) atoms. The van der Waals surface area contributed by atoms with Crippen molar-refractivity contribution in [2.75, 3.05) is 13.1 Å². The van der Waals surface area contributed by atoms with Gasteiger partial charge in [-0.15, -0.1) is 0 Å². The Morgan fingerprint density at radius 3 is 2.79 bits per heavy atom. The van der Waals surface area contributed by atoms with Crippen LogP contribution in [0.1, 0.15) is 37.8 Å². The molecule has 0 unspecified atom stereocenters. The van der Waals surface area contributed by atoms with Crippen LogP contribution in [0, 0.1) is 0 Å². The summed E-state index contributed by atoms with van der Waals surface area (Å²) in [6.45, 7) is 2.74. The molecule has 1 fully saturated rings. The van der Waals surface area contributed by atoms with Crippen LogP contribution < -0.4 is 10.2 Å². The summed E-state index contributed by atoms with van der Waals surface area (Å²) >= 11 is 0. The second kappa shape index (κ2) is 9.56. The van der Waals surface area contributed by atoms with Crippen molar-refractivity contribution in [1.29, 1.82) is 0 Å². The summed E-state index contributed by atoms with van der Waals surface area (Å²) in [5.41, 5.74) is 5.14. The van der Waals surface area contributed by atoms with Gasteiger partial charge in [-0.05, 0) is 68.5 Å². The fraction of sp³-hybridized carbons (Fsp3) is 0.391. The molecule has 6 nitrogen and oxygen atoms in total. The van der Waals surface area contributed by atoms with Crippen LogP contribution in [0.3, 0.4) is 0 Å². The molecular formula is C23H28N4O2. The number of hydrogen-bond acceptors (Lipinski definition) is 4. The van der Waals surface area contributed by atoms with E-state index in [2.05, 4.69) is 33.3 Å². The van der Waals surface area contributed by atoms with Crippen molar-refractivity contribution in [2.45, 2.75) is 45.1 Å². The lowest BCUT2D eigenvalue weighted by molar-refractivity contribution is 0.129. The van der Waals surface area contributed by atoms with Crippen molar-refractivity contribution in [3.05, 3.63) is 60.6 Å². The molecule has 0 bridgehead atoms. The van der Waals surface area contributed by atoms with Gasteiger partial charge in [0.1, 0.15) is 5.75 Å². The monoisotopic (exact) mass is 392 g/mol. The number of rotatable bonds is 7. The fourth-order valence-electron chi connectivity index (χ4n) is 3.84. The number of hydrogen-bond donors (Lipinski definition) is 1. The first-order valence-electron chi connectivity index (χ1n) is 10.5. The van der Waals surface area contributed by atoms with E-state index < -0.39 is 6.09 Å². The maximum Gasteiger partial charge on any atom is 0.427 e. The molecule has 1 saturated heterocycles. The molecule has 4 rings (SSSR count). The largest absolute Gasteiger partial charge is 0.427 e. The Bertz CT molecular complexity index is 932. The highest BCUT2D eigenvalue weighted by atomic mass is 16.6. The van der Waals surface area contributed by atoms with E-state index in [0.29, 0.717) is 5.75 Å². The predicted molar refractivity (Wildman–Crippen MR) is 114 cm³/mol. The van der Waals surface area contributed by atoms with Gasteiger partial charge in [0.15, 0.2) is 0 Å². The van der Waals surface area contributed by atoms with Crippen LogP contribution in [0.4, 0.5) is 4.79 Å². The van der Waals surface area contributed by atoms with Crippen molar-refractivity contribution >= 4 is 17.0 Å². The van der Waals surface area contributed by atoms with E-state index in [1.807, 2.05) is 41.5 Å². The highest BCUT2D eigenvalue weighted by molar-refractivity contribution is 5.82. The van der Waals surface area contributed by atoms with E-state index in [0.717, 1.165) is 68.3 Å². The summed E-state index contributed by atoms with van der Waals surface area (Å²) in [7, 11) is 0. The summed E-state index contributed by atoms with van der Waals surface area (Å²) in [5.74, 6) is 0.569. The van der Waals surface area contributed by atoms with Gasteiger partial charge in [0.05, 0.1) is 0 Å². The zero-order valence-electron chi connectivity index (χ0n) is 16.7. The molecule has 0 spiro atoms. The quantitative estimate of drug-likeness (QED) is 0.600. The minimum Gasteiger partial charge on any atom is -0.409 e. The molecule has 3 heterocycles. The number of ether oxygens (including phenoxy) is 1.